The predicted octanol–water partition coefficient (Wildman–Crippen LogP) is 2.59. The molecule has 1 heterocycles. The van der Waals surface area contributed by atoms with E-state index >= 15 is 0 Å². The van der Waals surface area contributed by atoms with Crippen LogP contribution in [0.1, 0.15) is 17.3 Å². The fourth-order valence-electron chi connectivity index (χ4n) is 3.22. The van der Waals surface area contributed by atoms with Gasteiger partial charge in [0.1, 0.15) is 5.75 Å². The van der Waals surface area contributed by atoms with Crippen molar-refractivity contribution in [2.75, 3.05) is 46.5 Å². The highest BCUT2D eigenvalue weighted by molar-refractivity contribution is 5.94. The van der Waals surface area contributed by atoms with Gasteiger partial charge in [0.25, 0.3) is 11.8 Å². The third-order valence-electron chi connectivity index (χ3n) is 4.90. The first-order valence-corrected chi connectivity index (χ1v) is 10.3. The second-order valence-corrected chi connectivity index (χ2v) is 6.92. The molecule has 3 rings (SSSR count). The van der Waals surface area contributed by atoms with Crippen LogP contribution in [0.2, 0.25) is 0 Å². The molecule has 0 aliphatic carbocycles. The van der Waals surface area contributed by atoms with E-state index in [-0.39, 0.29) is 25.0 Å². The SMILES string of the molecule is CCOC(=O)Oc1ccc(C(=O)N2CCN(C(=O)COc3ccccc3OC)CC2)cc1. The molecule has 2 aromatic carbocycles. The van der Waals surface area contributed by atoms with Gasteiger partial charge in [0.15, 0.2) is 18.1 Å². The molecule has 0 bridgehead atoms. The summed E-state index contributed by atoms with van der Waals surface area (Å²) in [4.78, 5) is 40.0. The van der Waals surface area contributed by atoms with Crippen LogP contribution in [0.25, 0.3) is 0 Å². The van der Waals surface area contributed by atoms with Crippen LogP contribution in [0, 0.1) is 0 Å². The number of carbonyl (C=O) groups is 3. The van der Waals surface area contributed by atoms with Gasteiger partial charge in [-0.2, -0.15) is 0 Å². The Bertz CT molecular complexity index is 938. The maximum Gasteiger partial charge on any atom is 0.513 e. The highest BCUT2D eigenvalue weighted by Gasteiger charge is 2.25. The number of carbonyl (C=O) groups excluding carboxylic acids is 3. The zero-order chi connectivity index (χ0) is 22.9. The van der Waals surface area contributed by atoms with E-state index in [2.05, 4.69) is 0 Å². The number of hydrogen-bond acceptors (Lipinski definition) is 7. The zero-order valence-electron chi connectivity index (χ0n) is 18.1. The van der Waals surface area contributed by atoms with Crippen LogP contribution in [0.15, 0.2) is 48.5 Å². The average molecular weight is 442 g/mol. The van der Waals surface area contributed by atoms with Crippen LogP contribution in [-0.2, 0) is 9.53 Å². The van der Waals surface area contributed by atoms with E-state index in [9.17, 15) is 14.4 Å². The van der Waals surface area contributed by atoms with Gasteiger partial charge < -0.3 is 28.7 Å². The summed E-state index contributed by atoms with van der Waals surface area (Å²) in [6, 6.07) is 13.4. The molecule has 2 amide bonds. The Morgan fingerprint density at radius 3 is 2.12 bits per heavy atom. The maximum absolute atomic E-state index is 12.7. The van der Waals surface area contributed by atoms with Crippen molar-refractivity contribution in [1.82, 2.24) is 9.80 Å². The van der Waals surface area contributed by atoms with Gasteiger partial charge >= 0.3 is 6.16 Å². The standard InChI is InChI=1S/C23H26N2O7/c1-3-30-23(28)32-18-10-8-17(9-11-18)22(27)25-14-12-24(13-15-25)21(26)16-31-20-7-5-4-6-19(20)29-2/h4-11H,3,12-16H2,1-2H3. The summed E-state index contributed by atoms with van der Waals surface area (Å²) < 4.78 is 20.5. The molecule has 0 atom stereocenters. The number of piperazine rings is 1. The first-order valence-electron chi connectivity index (χ1n) is 10.3. The Labute approximate surface area is 186 Å². The van der Waals surface area contributed by atoms with Crippen molar-refractivity contribution in [1.29, 1.82) is 0 Å². The number of para-hydroxylation sites is 2. The van der Waals surface area contributed by atoms with Gasteiger partial charge in [-0.15, -0.1) is 0 Å². The molecule has 0 N–H and O–H groups in total. The minimum absolute atomic E-state index is 0.101. The number of methoxy groups -OCH3 is 1. The van der Waals surface area contributed by atoms with Crippen LogP contribution < -0.4 is 14.2 Å². The smallest absolute Gasteiger partial charge is 0.493 e. The summed E-state index contributed by atoms with van der Waals surface area (Å²) in [6.07, 6.45) is -0.790. The third kappa shape index (κ3) is 5.90. The third-order valence-corrected chi connectivity index (χ3v) is 4.90. The van der Waals surface area contributed by atoms with Crippen molar-refractivity contribution in [3.63, 3.8) is 0 Å². The molecule has 32 heavy (non-hydrogen) atoms. The fourth-order valence-corrected chi connectivity index (χ4v) is 3.22. The van der Waals surface area contributed by atoms with E-state index in [1.54, 1.807) is 60.2 Å². The first-order chi connectivity index (χ1) is 15.5. The summed E-state index contributed by atoms with van der Waals surface area (Å²) in [5.74, 6) is 1.07. The molecule has 0 spiro atoms. The normalized spacial score (nSPS) is 13.3. The molecule has 9 nitrogen and oxygen atoms in total. The molecule has 1 aliphatic heterocycles. The van der Waals surface area contributed by atoms with Gasteiger partial charge in [0, 0.05) is 31.7 Å². The molecular weight excluding hydrogens is 416 g/mol. The Morgan fingerprint density at radius 1 is 0.875 bits per heavy atom. The lowest BCUT2D eigenvalue weighted by atomic mass is 10.1. The first kappa shape index (κ1) is 22.9. The summed E-state index contributed by atoms with van der Waals surface area (Å²) in [5.41, 5.74) is 0.473. The van der Waals surface area contributed by atoms with Crippen molar-refractivity contribution < 1.29 is 33.3 Å². The number of hydrogen-bond donors (Lipinski definition) is 0. The van der Waals surface area contributed by atoms with Crippen LogP contribution in [0.4, 0.5) is 4.79 Å². The molecule has 0 unspecified atom stereocenters. The van der Waals surface area contributed by atoms with Crippen molar-refractivity contribution in [2.24, 2.45) is 0 Å². The number of benzene rings is 2. The van der Waals surface area contributed by atoms with Crippen molar-refractivity contribution in [2.45, 2.75) is 6.92 Å². The van der Waals surface area contributed by atoms with Gasteiger partial charge in [-0.25, -0.2) is 4.79 Å². The van der Waals surface area contributed by atoms with Gasteiger partial charge in [-0.05, 0) is 43.3 Å². The molecule has 1 aliphatic rings. The van der Waals surface area contributed by atoms with Crippen molar-refractivity contribution in [3.05, 3.63) is 54.1 Å². The molecule has 2 aromatic rings. The number of ether oxygens (including phenoxy) is 4. The summed E-state index contributed by atoms with van der Waals surface area (Å²) in [6.45, 7) is 3.48. The van der Waals surface area contributed by atoms with Crippen LogP contribution in [0.5, 0.6) is 17.2 Å². The molecule has 0 aromatic heterocycles. The summed E-state index contributed by atoms with van der Waals surface area (Å²) in [5, 5.41) is 0. The Balaban J connectivity index is 1.47. The highest BCUT2D eigenvalue weighted by atomic mass is 16.7. The lowest BCUT2D eigenvalue weighted by Crippen LogP contribution is -2.51. The Hall–Kier alpha value is -3.75. The van der Waals surface area contributed by atoms with E-state index < -0.39 is 6.16 Å². The van der Waals surface area contributed by atoms with E-state index in [1.807, 2.05) is 12.1 Å². The van der Waals surface area contributed by atoms with Gasteiger partial charge in [-0.3, -0.25) is 9.59 Å². The minimum Gasteiger partial charge on any atom is -0.493 e. The van der Waals surface area contributed by atoms with Crippen molar-refractivity contribution >= 4 is 18.0 Å². The van der Waals surface area contributed by atoms with Crippen LogP contribution >= 0.6 is 0 Å². The summed E-state index contributed by atoms with van der Waals surface area (Å²) >= 11 is 0. The fraction of sp³-hybridized carbons (Fsp3) is 0.348. The lowest BCUT2D eigenvalue weighted by Gasteiger charge is -2.34. The van der Waals surface area contributed by atoms with Crippen molar-refractivity contribution in [3.8, 4) is 17.2 Å². The van der Waals surface area contributed by atoms with E-state index in [4.69, 9.17) is 18.9 Å². The molecule has 0 saturated carbocycles. The molecule has 0 radical (unpaired) electrons. The average Bonchev–Trinajstić information content (AvgIpc) is 2.83. The van der Waals surface area contributed by atoms with E-state index in [1.165, 1.54) is 0 Å². The van der Waals surface area contributed by atoms with Gasteiger partial charge in [0.2, 0.25) is 0 Å². The van der Waals surface area contributed by atoms with Crippen LogP contribution in [0.3, 0.4) is 0 Å². The second-order valence-electron chi connectivity index (χ2n) is 6.92. The number of rotatable bonds is 7. The Kier molecular flexibility index (Phi) is 7.91. The zero-order valence-corrected chi connectivity index (χ0v) is 18.1. The largest absolute Gasteiger partial charge is 0.513 e. The number of amides is 2. The monoisotopic (exact) mass is 442 g/mol. The van der Waals surface area contributed by atoms with Gasteiger partial charge in [0.05, 0.1) is 13.7 Å². The topological polar surface area (TPSA) is 94.6 Å². The Morgan fingerprint density at radius 2 is 1.50 bits per heavy atom. The highest BCUT2D eigenvalue weighted by Crippen LogP contribution is 2.25. The van der Waals surface area contributed by atoms with E-state index in [0.29, 0.717) is 49.0 Å². The molecule has 170 valence electrons. The molecule has 1 saturated heterocycles. The maximum atomic E-state index is 12.7. The minimum atomic E-state index is -0.790. The van der Waals surface area contributed by atoms with Crippen LogP contribution in [-0.4, -0.2) is 74.3 Å². The quantitative estimate of drug-likeness (QED) is 0.480. The predicted molar refractivity (Wildman–Crippen MR) is 115 cm³/mol. The molecular formula is C23H26N2O7. The summed E-state index contributed by atoms with van der Waals surface area (Å²) in [7, 11) is 1.54. The molecule has 1 fully saturated rings. The number of nitrogens with zero attached hydrogens (tertiary/aromatic N) is 2. The van der Waals surface area contributed by atoms with E-state index in [0.717, 1.165) is 0 Å². The molecule has 9 heteroatoms. The van der Waals surface area contributed by atoms with Gasteiger partial charge in [-0.1, -0.05) is 12.1 Å². The lowest BCUT2D eigenvalue weighted by molar-refractivity contribution is -0.134. The second kappa shape index (κ2) is 11.0.